The second kappa shape index (κ2) is 7.09. The van der Waals surface area contributed by atoms with Gasteiger partial charge in [-0.2, -0.15) is 0 Å². The number of amides is 1. The molecular weight excluding hydrogens is 298 g/mol. The number of benzene rings is 1. The maximum atomic E-state index is 12.3. The van der Waals surface area contributed by atoms with Crippen LogP contribution in [0.5, 0.6) is 0 Å². The van der Waals surface area contributed by atoms with Crippen molar-refractivity contribution in [3.8, 4) is 0 Å². The lowest BCUT2D eigenvalue weighted by Gasteiger charge is -2.20. The first kappa shape index (κ1) is 17.0. The summed E-state index contributed by atoms with van der Waals surface area (Å²) in [5.74, 6) is -0.168. The first-order valence-electron chi connectivity index (χ1n) is 6.71. The summed E-state index contributed by atoms with van der Waals surface area (Å²) < 4.78 is 23.2. The van der Waals surface area contributed by atoms with Gasteiger partial charge in [-0.25, -0.2) is 8.42 Å². The fraction of sp³-hybridized carbons (Fsp3) is 0.500. The van der Waals surface area contributed by atoms with Crippen LogP contribution < -0.4 is 0 Å². The molecule has 0 fully saturated rings. The van der Waals surface area contributed by atoms with Crippen molar-refractivity contribution < 1.29 is 13.2 Å². The molecule has 0 aliphatic heterocycles. The van der Waals surface area contributed by atoms with Gasteiger partial charge in [-0.05, 0) is 37.5 Å². The fourth-order valence-electron chi connectivity index (χ4n) is 2.06. The molecule has 0 N–H and O–H groups in total. The molecule has 0 spiro atoms. The molecule has 0 atom stereocenters. The number of aryl methyl sites for hydroxylation is 1. The molecule has 0 saturated heterocycles. The molecule has 6 heteroatoms. The summed E-state index contributed by atoms with van der Waals surface area (Å²) in [5, 5.41) is 0. The molecule has 0 radical (unpaired) electrons. The van der Waals surface area contributed by atoms with Crippen LogP contribution in [0.1, 0.15) is 43.1 Å². The second-order valence-electron chi connectivity index (χ2n) is 4.50. The van der Waals surface area contributed by atoms with Gasteiger partial charge >= 0.3 is 0 Å². The standard InChI is InChI=1S/C14H20ClNO3S/c1-4-9-16(6-3)14(17)12-8-7-11(5-2)13(10-12)20(15,18)19/h7-8,10H,4-6,9H2,1-3H3. The number of halogens is 1. The Kier molecular flexibility index (Phi) is 6.02. The minimum Gasteiger partial charge on any atom is -0.339 e. The number of carbonyl (C=O) groups excluding carboxylic acids is 1. The summed E-state index contributed by atoms with van der Waals surface area (Å²) in [7, 11) is 1.60. The Hall–Kier alpha value is -1.07. The molecule has 1 aromatic rings. The van der Waals surface area contributed by atoms with Crippen molar-refractivity contribution in [3.63, 3.8) is 0 Å². The molecule has 0 heterocycles. The van der Waals surface area contributed by atoms with Crippen molar-refractivity contribution in [3.05, 3.63) is 29.3 Å². The molecule has 4 nitrogen and oxygen atoms in total. The van der Waals surface area contributed by atoms with E-state index in [1.165, 1.54) is 6.07 Å². The lowest BCUT2D eigenvalue weighted by molar-refractivity contribution is 0.0764. The minimum atomic E-state index is -3.84. The maximum absolute atomic E-state index is 12.3. The highest BCUT2D eigenvalue weighted by molar-refractivity contribution is 8.13. The van der Waals surface area contributed by atoms with Crippen LogP contribution in [0.15, 0.2) is 23.1 Å². The summed E-state index contributed by atoms with van der Waals surface area (Å²) in [4.78, 5) is 14.0. The molecule has 0 bridgehead atoms. The molecule has 0 aliphatic rings. The Labute approximate surface area is 125 Å². The van der Waals surface area contributed by atoms with Crippen LogP contribution in [-0.4, -0.2) is 32.3 Å². The van der Waals surface area contributed by atoms with Crippen LogP contribution in [-0.2, 0) is 15.5 Å². The van der Waals surface area contributed by atoms with Gasteiger partial charge in [0, 0.05) is 29.3 Å². The Balaban J connectivity index is 3.24. The van der Waals surface area contributed by atoms with Gasteiger partial charge in [0.15, 0.2) is 0 Å². The Morgan fingerprint density at radius 2 is 1.90 bits per heavy atom. The molecule has 1 aromatic carbocycles. The second-order valence-corrected chi connectivity index (χ2v) is 7.03. The fourth-order valence-corrected chi connectivity index (χ4v) is 3.29. The van der Waals surface area contributed by atoms with Crippen molar-refractivity contribution in [2.45, 2.75) is 38.5 Å². The molecular formula is C14H20ClNO3S. The van der Waals surface area contributed by atoms with E-state index in [4.69, 9.17) is 10.7 Å². The van der Waals surface area contributed by atoms with E-state index in [0.29, 0.717) is 30.6 Å². The van der Waals surface area contributed by atoms with Gasteiger partial charge < -0.3 is 4.90 Å². The number of hydrogen-bond donors (Lipinski definition) is 0. The largest absolute Gasteiger partial charge is 0.339 e. The van der Waals surface area contributed by atoms with Crippen molar-refractivity contribution in [2.75, 3.05) is 13.1 Å². The van der Waals surface area contributed by atoms with E-state index in [9.17, 15) is 13.2 Å². The first-order valence-corrected chi connectivity index (χ1v) is 9.02. The Morgan fingerprint density at radius 3 is 2.35 bits per heavy atom. The predicted molar refractivity (Wildman–Crippen MR) is 80.7 cm³/mol. The lowest BCUT2D eigenvalue weighted by atomic mass is 10.1. The quantitative estimate of drug-likeness (QED) is 0.758. The van der Waals surface area contributed by atoms with Gasteiger partial charge in [-0.1, -0.05) is 19.9 Å². The molecule has 0 unspecified atom stereocenters. The summed E-state index contributed by atoms with van der Waals surface area (Å²) in [6.07, 6.45) is 1.40. The molecule has 1 rings (SSSR count). The molecule has 0 saturated carbocycles. The topological polar surface area (TPSA) is 54.5 Å². The predicted octanol–water partition coefficient (Wildman–Crippen LogP) is 3.05. The normalized spacial score (nSPS) is 11.4. The lowest BCUT2D eigenvalue weighted by Crippen LogP contribution is -2.31. The van der Waals surface area contributed by atoms with E-state index in [-0.39, 0.29) is 10.8 Å². The van der Waals surface area contributed by atoms with E-state index in [2.05, 4.69) is 0 Å². The zero-order valence-electron chi connectivity index (χ0n) is 12.0. The van der Waals surface area contributed by atoms with Crippen molar-refractivity contribution in [1.82, 2.24) is 4.90 Å². The molecule has 112 valence electrons. The van der Waals surface area contributed by atoms with Crippen molar-refractivity contribution >= 4 is 25.6 Å². The van der Waals surface area contributed by atoms with E-state index < -0.39 is 9.05 Å². The van der Waals surface area contributed by atoms with Crippen LogP contribution in [0.4, 0.5) is 0 Å². The zero-order valence-corrected chi connectivity index (χ0v) is 13.6. The average Bonchev–Trinajstić information content (AvgIpc) is 2.42. The van der Waals surface area contributed by atoms with E-state index in [1.807, 2.05) is 20.8 Å². The number of nitrogens with zero attached hydrogens (tertiary/aromatic N) is 1. The van der Waals surface area contributed by atoms with Gasteiger partial charge in [-0.15, -0.1) is 0 Å². The van der Waals surface area contributed by atoms with E-state index >= 15 is 0 Å². The highest BCUT2D eigenvalue weighted by Gasteiger charge is 2.20. The van der Waals surface area contributed by atoms with E-state index in [0.717, 1.165) is 6.42 Å². The van der Waals surface area contributed by atoms with Crippen LogP contribution in [0.3, 0.4) is 0 Å². The van der Waals surface area contributed by atoms with Gasteiger partial charge in [0.05, 0.1) is 4.90 Å². The molecule has 0 aromatic heterocycles. The maximum Gasteiger partial charge on any atom is 0.261 e. The summed E-state index contributed by atoms with van der Waals surface area (Å²) >= 11 is 0. The Morgan fingerprint density at radius 1 is 1.25 bits per heavy atom. The number of rotatable bonds is 6. The van der Waals surface area contributed by atoms with Crippen molar-refractivity contribution in [2.24, 2.45) is 0 Å². The molecule has 0 aliphatic carbocycles. The van der Waals surface area contributed by atoms with E-state index in [1.54, 1.807) is 17.0 Å². The van der Waals surface area contributed by atoms with Crippen LogP contribution in [0, 0.1) is 0 Å². The highest BCUT2D eigenvalue weighted by Crippen LogP contribution is 2.23. The number of hydrogen-bond acceptors (Lipinski definition) is 3. The average molecular weight is 318 g/mol. The summed E-state index contributed by atoms with van der Waals surface area (Å²) in [6.45, 7) is 6.97. The van der Waals surface area contributed by atoms with Crippen LogP contribution in [0.2, 0.25) is 0 Å². The zero-order chi connectivity index (χ0) is 15.3. The monoisotopic (exact) mass is 317 g/mol. The van der Waals surface area contributed by atoms with Gasteiger partial charge in [-0.3, -0.25) is 4.79 Å². The van der Waals surface area contributed by atoms with Crippen LogP contribution >= 0.6 is 10.7 Å². The Bertz CT molecular complexity index is 584. The summed E-state index contributed by atoms with van der Waals surface area (Å²) in [6, 6.07) is 4.69. The van der Waals surface area contributed by atoms with Gasteiger partial charge in [0.2, 0.25) is 0 Å². The third-order valence-electron chi connectivity index (χ3n) is 3.12. The smallest absolute Gasteiger partial charge is 0.261 e. The summed E-state index contributed by atoms with van der Waals surface area (Å²) in [5.41, 5.74) is 0.979. The minimum absolute atomic E-state index is 0.0278. The third kappa shape index (κ3) is 3.96. The molecule has 20 heavy (non-hydrogen) atoms. The van der Waals surface area contributed by atoms with Gasteiger partial charge in [0.25, 0.3) is 15.0 Å². The SMILES string of the molecule is CCCN(CC)C(=O)c1ccc(CC)c(S(=O)(=O)Cl)c1. The number of carbonyl (C=O) groups is 1. The van der Waals surface area contributed by atoms with Crippen LogP contribution in [0.25, 0.3) is 0 Å². The first-order chi connectivity index (χ1) is 9.35. The molecule has 1 amide bonds. The van der Waals surface area contributed by atoms with Gasteiger partial charge in [0.1, 0.15) is 0 Å². The highest BCUT2D eigenvalue weighted by atomic mass is 35.7. The third-order valence-corrected chi connectivity index (χ3v) is 4.52. The van der Waals surface area contributed by atoms with Crippen molar-refractivity contribution in [1.29, 1.82) is 0 Å².